The van der Waals surface area contributed by atoms with Crippen molar-refractivity contribution in [1.82, 2.24) is 4.90 Å². The first kappa shape index (κ1) is 15.7. The number of ether oxygens (including phenoxy) is 1. The van der Waals surface area contributed by atoms with E-state index in [2.05, 4.69) is 4.90 Å². The summed E-state index contributed by atoms with van der Waals surface area (Å²) in [5.41, 5.74) is 1.26. The molecule has 4 nitrogen and oxygen atoms in total. The zero-order valence-corrected chi connectivity index (χ0v) is 12.3. The maximum absolute atomic E-state index is 13.6. The first-order valence-corrected chi connectivity index (χ1v) is 7.01. The van der Waals surface area contributed by atoms with Crippen LogP contribution < -0.4 is 0 Å². The van der Waals surface area contributed by atoms with Gasteiger partial charge in [0.1, 0.15) is 5.82 Å². The molecule has 1 fully saturated rings. The van der Waals surface area contributed by atoms with Crippen LogP contribution in [-0.4, -0.2) is 41.3 Å². The smallest absolute Gasteiger partial charge is 0.328 e. The second kappa shape index (κ2) is 6.83. The molecule has 1 aliphatic rings. The highest BCUT2D eigenvalue weighted by molar-refractivity contribution is 5.85. The molecule has 0 amide bonds. The Morgan fingerprint density at radius 3 is 2.71 bits per heavy atom. The molecular weight excluding hydrogens is 273 g/mol. The number of hydrogen-bond acceptors (Lipinski definition) is 3. The van der Waals surface area contributed by atoms with Crippen LogP contribution in [0.4, 0.5) is 4.39 Å². The monoisotopic (exact) mass is 293 g/mol. The molecule has 21 heavy (non-hydrogen) atoms. The van der Waals surface area contributed by atoms with Crippen LogP contribution in [0.1, 0.15) is 25.0 Å². The minimum atomic E-state index is -1.09. The Morgan fingerprint density at radius 1 is 1.43 bits per heavy atom. The van der Waals surface area contributed by atoms with Gasteiger partial charge in [-0.3, -0.25) is 4.90 Å². The second-order valence-electron chi connectivity index (χ2n) is 5.48. The molecule has 114 valence electrons. The summed E-state index contributed by atoms with van der Waals surface area (Å²) in [6.07, 6.45) is 2.59. The Hall–Kier alpha value is -1.72. The van der Waals surface area contributed by atoms with Crippen molar-refractivity contribution >= 4 is 12.0 Å². The van der Waals surface area contributed by atoms with E-state index in [9.17, 15) is 9.18 Å². The highest BCUT2D eigenvalue weighted by Crippen LogP contribution is 2.17. The average molecular weight is 293 g/mol. The van der Waals surface area contributed by atoms with Gasteiger partial charge in [-0.1, -0.05) is 6.07 Å². The van der Waals surface area contributed by atoms with Gasteiger partial charge in [0.2, 0.25) is 0 Å². The van der Waals surface area contributed by atoms with Crippen LogP contribution in [0.25, 0.3) is 6.08 Å². The number of rotatable bonds is 4. The highest BCUT2D eigenvalue weighted by Gasteiger charge is 2.22. The lowest BCUT2D eigenvalue weighted by atomic mass is 10.1. The van der Waals surface area contributed by atoms with E-state index in [0.717, 1.165) is 24.7 Å². The molecule has 0 saturated carbocycles. The number of hydrogen-bond donors (Lipinski definition) is 1. The molecule has 0 radical (unpaired) electrons. The fraction of sp³-hybridized carbons (Fsp3) is 0.438. The molecule has 1 saturated heterocycles. The molecule has 1 aliphatic heterocycles. The van der Waals surface area contributed by atoms with Crippen LogP contribution in [0.5, 0.6) is 0 Å². The minimum Gasteiger partial charge on any atom is -0.478 e. The molecule has 0 unspecified atom stereocenters. The van der Waals surface area contributed by atoms with Crippen molar-refractivity contribution in [3.63, 3.8) is 0 Å². The van der Waals surface area contributed by atoms with Crippen molar-refractivity contribution in [2.24, 2.45) is 0 Å². The van der Waals surface area contributed by atoms with E-state index in [-0.39, 0.29) is 12.2 Å². The molecule has 2 rings (SSSR count). The molecule has 1 heterocycles. The van der Waals surface area contributed by atoms with Gasteiger partial charge in [0.25, 0.3) is 0 Å². The van der Waals surface area contributed by atoms with Gasteiger partial charge in [0.15, 0.2) is 0 Å². The quantitative estimate of drug-likeness (QED) is 0.867. The average Bonchev–Trinajstić information content (AvgIpc) is 2.38. The molecule has 0 spiro atoms. The van der Waals surface area contributed by atoms with Gasteiger partial charge in [0.05, 0.1) is 12.2 Å². The SMILES string of the molecule is C[C@@H]1CN(Cc2ccc(F)c(/C=C/C(=O)O)c2)C[C@H](C)O1. The summed E-state index contributed by atoms with van der Waals surface area (Å²) in [5, 5.41) is 8.62. The Morgan fingerprint density at radius 2 is 2.10 bits per heavy atom. The van der Waals surface area contributed by atoms with Gasteiger partial charge in [-0.05, 0) is 37.6 Å². The van der Waals surface area contributed by atoms with Gasteiger partial charge >= 0.3 is 5.97 Å². The van der Waals surface area contributed by atoms with Crippen molar-refractivity contribution in [3.05, 3.63) is 41.2 Å². The van der Waals surface area contributed by atoms with Crippen LogP contribution in [0, 0.1) is 5.82 Å². The molecule has 1 aromatic rings. The zero-order valence-electron chi connectivity index (χ0n) is 12.3. The molecule has 2 atom stereocenters. The van der Waals surface area contributed by atoms with Crippen LogP contribution in [0.3, 0.4) is 0 Å². The van der Waals surface area contributed by atoms with E-state index in [4.69, 9.17) is 9.84 Å². The lowest BCUT2D eigenvalue weighted by molar-refractivity contribution is -0.131. The maximum Gasteiger partial charge on any atom is 0.328 e. The largest absolute Gasteiger partial charge is 0.478 e. The number of morpholine rings is 1. The minimum absolute atomic E-state index is 0.181. The van der Waals surface area contributed by atoms with Gasteiger partial charge in [0, 0.05) is 31.3 Å². The highest BCUT2D eigenvalue weighted by atomic mass is 19.1. The Labute approximate surface area is 123 Å². The topological polar surface area (TPSA) is 49.8 Å². The third-order valence-corrected chi connectivity index (χ3v) is 3.37. The number of carboxylic acids is 1. The van der Waals surface area contributed by atoms with Crippen molar-refractivity contribution in [2.45, 2.75) is 32.6 Å². The van der Waals surface area contributed by atoms with Gasteiger partial charge in [-0.15, -0.1) is 0 Å². The number of carboxylic acid groups (broad SMARTS) is 1. The maximum atomic E-state index is 13.6. The van der Waals surface area contributed by atoms with E-state index in [1.807, 2.05) is 13.8 Å². The van der Waals surface area contributed by atoms with E-state index in [0.29, 0.717) is 12.1 Å². The number of nitrogens with zero attached hydrogens (tertiary/aromatic N) is 1. The molecule has 0 aliphatic carbocycles. The van der Waals surface area contributed by atoms with E-state index < -0.39 is 11.8 Å². The first-order chi connectivity index (χ1) is 9.94. The van der Waals surface area contributed by atoms with Gasteiger partial charge < -0.3 is 9.84 Å². The number of benzene rings is 1. The Bertz CT molecular complexity index is 534. The first-order valence-electron chi connectivity index (χ1n) is 7.01. The van der Waals surface area contributed by atoms with E-state index >= 15 is 0 Å². The molecule has 1 aromatic carbocycles. The fourth-order valence-electron chi connectivity index (χ4n) is 2.65. The van der Waals surface area contributed by atoms with Crippen LogP contribution in [0.15, 0.2) is 24.3 Å². The normalized spacial score (nSPS) is 23.6. The molecular formula is C16H20FNO3. The van der Waals surface area contributed by atoms with Crippen LogP contribution in [-0.2, 0) is 16.1 Å². The summed E-state index contributed by atoms with van der Waals surface area (Å²) in [5.74, 6) is -1.50. The number of carbonyl (C=O) groups is 1. The summed E-state index contributed by atoms with van der Waals surface area (Å²) in [4.78, 5) is 12.8. The van der Waals surface area contributed by atoms with Crippen molar-refractivity contribution < 1.29 is 19.0 Å². The van der Waals surface area contributed by atoms with Crippen LogP contribution in [0.2, 0.25) is 0 Å². The number of halogens is 1. The third-order valence-electron chi connectivity index (χ3n) is 3.37. The van der Waals surface area contributed by atoms with E-state index in [1.54, 1.807) is 12.1 Å². The van der Waals surface area contributed by atoms with Crippen molar-refractivity contribution in [2.75, 3.05) is 13.1 Å². The molecule has 0 aromatic heterocycles. The fourth-order valence-corrected chi connectivity index (χ4v) is 2.65. The lowest BCUT2D eigenvalue weighted by Gasteiger charge is -2.35. The van der Waals surface area contributed by atoms with Crippen molar-refractivity contribution in [1.29, 1.82) is 0 Å². The van der Waals surface area contributed by atoms with Crippen LogP contribution >= 0.6 is 0 Å². The molecule has 0 bridgehead atoms. The van der Waals surface area contributed by atoms with Gasteiger partial charge in [-0.25, -0.2) is 9.18 Å². The predicted octanol–water partition coefficient (Wildman–Crippen LogP) is 2.53. The van der Waals surface area contributed by atoms with E-state index in [1.165, 1.54) is 12.1 Å². The zero-order chi connectivity index (χ0) is 15.4. The van der Waals surface area contributed by atoms with Crippen molar-refractivity contribution in [3.8, 4) is 0 Å². The summed E-state index contributed by atoms with van der Waals surface area (Å²) < 4.78 is 19.3. The lowest BCUT2D eigenvalue weighted by Crippen LogP contribution is -2.44. The molecule has 1 N–H and O–H groups in total. The standard InChI is InChI=1S/C16H20FNO3/c1-11-8-18(9-12(2)21-11)10-13-3-5-15(17)14(7-13)4-6-16(19)20/h3-7,11-12H,8-10H2,1-2H3,(H,19,20)/b6-4+/t11-,12+. The Kier molecular flexibility index (Phi) is 5.09. The predicted molar refractivity (Wildman–Crippen MR) is 78.4 cm³/mol. The summed E-state index contributed by atoms with van der Waals surface area (Å²) in [7, 11) is 0. The second-order valence-corrected chi connectivity index (χ2v) is 5.48. The molecule has 5 heteroatoms. The Balaban J connectivity index is 2.10. The third kappa shape index (κ3) is 4.65. The van der Waals surface area contributed by atoms with Gasteiger partial charge in [-0.2, -0.15) is 0 Å². The number of aliphatic carboxylic acids is 1. The summed E-state index contributed by atoms with van der Waals surface area (Å²) in [6.45, 7) is 6.44. The summed E-state index contributed by atoms with van der Waals surface area (Å²) >= 11 is 0. The summed E-state index contributed by atoms with van der Waals surface area (Å²) in [6, 6.07) is 4.81.